The number of nitrogens with one attached hydrogen (secondary N) is 2. The van der Waals surface area contributed by atoms with E-state index in [2.05, 4.69) is 15.3 Å². The first-order valence-corrected chi connectivity index (χ1v) is 7.74. The maximum Gasteiger partial charge on any atom is 0.270 e. The zero-order chi connectivity index (χ0) is 17.1. The molecule has 2 heterocycles. The number of benzene rings is 1. The summed E-state index contributed by atoms with van der Waals surface area (Å²) in [5.74, 6) is -0.630. The monoisotopic (exact) mass is 342 g/mol. The van der Waals surface area contributed by atoms with Crippen molar-refractivity contribution in [3.8, 4) is 5.69 Å². The summed E-state index contributed by atoms with van der Waals surface area (Å²) in [6.07, 6.45) is 4.89. The molecule has 1 unspecified atom stereocenters. The highest BCUT2D eigenvalue weighted by atomic mass is 32.1. The molecule has 0 bridgehead atoms. The lowest BCUT2D eigenvalue weighted by Gasteiger charge is -2.15. The lowest BCUT2D eigenvalue weighted by molar-refractivity contribution is 0.0933. The minimum absolute atomic E-state index is 0.189. The third kappa shape index (κ3) is 3.26. The van der Waals surface area contributed by atoms with E-state index < -0.39 is 0 Å². The van der Waals surface area contributed by atoms with Crippen LogP contribution in [0.1, 0.15) is 29.0 Å². The molecule has 2 N–H and O–H groups in total. The van der Waals surface area contributed by atoms with E-state index in [1.165, 1.54) is 12.1 Å². The number of hydrogen-bond acceptors (Lipinski definition) is 3. The predicted octanol–water partition coefficient (Wildman–Crippen LogP) is 3.56. The number of imidazole rings is 1. The molecular formula is C17H15FN4OS. The molecule has 0 saturated heterocycles. The molecule has 0 aliphatic rings. The van der Waals surface area contributed by atoms with Crippen LogP contribution in [0.15, 0.2) is 55.0 Å². The largest absolute Gasteiger partial charge is 0.344 e. The van der Waals surface area contributed by atoms with E-state index in [4.69, 9.17) is 12.2 Å². The van der Waals surface area contributed by atoms with Crippen LogP contribution in [0.2, 0.25) is 0 Å². The van der Waals surface area contributed by atoms with Crippen molar-refractivity contribution in [1.29, 1.82) is 0 Å². The van der Waals surface area contributed by atoms with Crippen LogP contribution in [0, 0.1) is 10.6 Å². The number of pyridine rings is 1. The molecule has 122 valence electrons. The lowest BCUT2D eigenvalue weighted by Crippen LogP contribution is -2.28. The molecule has 3 rings (SSSR count). The highest BCUT2D eigenvalue weighted by Gasteiger charge is 2.17. The van der Waals surface area contributed by atoms with Crippen molar-refractivity contribution < 1.29 is 9.18 Å². The fourth-order valence-electron chi connectivity index (χ4n) is 2.39. The summed E-state index contributed by atoms with van der Waals surface area (Å²) < 4.78 is 15.1. The van der Waals surface area contributed by atoms with Gasteiger partial charge in [0.05, 0.1) is 6.04 Å². The highest BCUT2D eigenvalue weighted by Crippen LogP contribution is 2.16. The van der Waals surface area contributed by atoms with Crippen LogP contribution in [0.4, 0.5) is 4.39 Å². The molecule has 5 nitrogen and oxygen atoms in total. The number of aromatic nitrogens is 3. The number of carbonyl (C=O) groups excluding carboxylic acids is 1. The fraction of sp³-hybridized carbons (Fsp3) is 0.118. The Morgan fingerprint density at radius 2 is 1.92 bits per heavy atom. The van der Waals surface area contributed by atoms with Gasteiger partial charge in [0.2, 0.25) is 0 Å². The normalized spacial score (nSPS) is 11.9. The highest BCUT2D eigenvalue weighted by molar-refractivity contribution is 7.71. The summed E-state index contributed by atoms with van der Waals surface area (Å²) in [5.41, 5.74) is 1.91. The van der Waals surface area contributed by atoms with Crippen molar-refractivity contribution in [1.82, 2.24) is 19.9 Å². The van der Waals surface area contributed by atoms with Crippen molar-refractivity contribution in [2.45, 2.75) is 13.0 Å². The van der Waals surface area contributed by atoms with E-state index in [0.717, 1.165) is 5.56 Å². The zero-order valence-corrected chi connectivity index (χ0v) is 13.7. The first kappa shape index (κ1) is 16.1. The summed E-state index contributed by atoms with van der Waals surface area (Å²) in [7, 11) is 0. The van der Waals surface area contributed by atoms with Crippen molar-refractivity contribution in [2.24, 2.45) is 0 Å². The second kappa shape index (κ2) is 6.76. The number of rotatable bonds is 4. The smallest absolute Gasteiger partial charge is 0.270 e. The minimum Gasteiger partial charge on any atom is -0.344 e. The zero-order valence-electron chi connectivity index (χ0n) is 12.9. The number of nitrogens with zero attached hydrogens (tertiary/aromatic N) is 2. The maximum atomic E-state index is 13.1. The summed E-state index contributed by atoms with van der Waals surface area (Å²) in [6.45, 7) is 1.89. The van der Waals surface area contributed by atoms with Crippen molar-refractivity contribution in [3.63, 3.8) is 0 Å². The average molecular weight is 342 g/mol. The summed E-state index contributed by atoms with van der Waals surface area (Å²) in [5, 5.41) is 2.92. The van der Waals surface area contributed by atoms with Gasteiger partial charge in [0.25, 0.3) is 5.91 Å². The van der Waals surface area contributed by atoms with E-state index in [-0.39, 0.29) is 17.8 Å². The molecule has 3 aromatic rings. The number of amides is 1. The van der Waals surface area contributed by atoms with E-state index >= 15 is 0 Å². The summed E-state index contributed by atoms with van der Waals surface area (Å²) in [4.78, 5) is 19.4. The van der Waals surface area contributed by atoms with Gasteiger partial charge in [0, 0.05) is 24.3 Å². The predicted molar refractivity (Wildman–Crippen MR) is 91.0 cm³/mol. The van der Waals surface area contributed by atoms with Crippen LogP contribution in [-0.2, 0) is 0 Å². The molecule has 7 heteroatoms. The molecule has 1 amide bonds. The Morgan fingerprint density at radius 1 is 1.25 bits per heavy atom. The molecule has 1 aromatic carbocycles. The number of H-pyrrole nitrogens is 1. The van der Waals surface area contributed by atoms with Gasteiger partial charge in [-0.25, -0.2) is 4.39 Å². The van der Waals surface area contributed by atoms with Gasteiger partial charge in [-0.2, -0.15) is 0 Å². The number of carbonyl (C=O) groups is 1. The number of hydrogen-bond donors (Lipinski definition) is 2. The Hall–Kier alpha value is -2.80. The Balaban J connectivity index is 1.89. The third-order valence-electron chi connectivity index (χ3n) is 3.65. The van der Waals surface area contributed by atoms with Gasteiger partial charge in [-0.1, -0.05) is 0 Å². The van der Waals surface area contributed by atoms with E-state index in [9.17, 15) is 9.18 Å². The Morgan fingerprint density at radius 3 is 2.58 bits per heavy atom. The molecule has 2 aromatic heterocycles. The van der Waals surface area contributed by atoms with Crippen molar-refractivity contribution in [2.75, 3.05) is 0 Å². The molecule has 0 saturated carbocycles. The number of aromatic amines is 1. The average Bonchev–Trinajstić information content (AvgIpc) is 2.98. The van der Waals surface area contributed by atoms with Crippen LogP contribution in [-0.4, -0.2) is 20.4 Å². The fourth-order valence-corrected chi connectivity index (χ4v) is 2.65. The molecule has 0 fully saturated rings. The van der Waals surface area contributed by atoms with E-state index in [0.29, 0.717) is 16.2 Å². The van der Waals surface area contributed by atoms with Crippen LogP contribution in [0.5, 0.6) is 0 Å². The van der Waals surface area contributed by atoms with Gasteiger partial charge in [0.1, 0.15) is 11.5 Å². The van der Waals surface area contributed by atoms with Gasteiger partial charge < -0.3 is 10.3 Å². The second-order valence-electron chi connectivity index (χ2n) is 5.27. The molecule has 0 spiro atoms. The van der Waals surface area contributed by atoms with Crippen LogP contribution in [0.25, 0.3) is 5.69 Å². The van der Waals surface area contributed by atoms with Gasteiger partial charge in [-0.05, 0) is 61.1 Å². The van der Waals surface area contributed by atoms with Crippen LogP contribution < -0.4 is 5.32 Å². The molecule has 0 radical (unpaired) electrons. The van der Waals surface area contributed by atoms with E-state index in [1.54, 1.807) is 35.3 Å². The van der Waals surface area contributed by atoms with Crippen LogP contribution >= 0.6 is 12.2 Å². The molecular weight excluding hydrogens is 327 g/mol. The Kier molecular flexibility index (Phi) is 4.52. The SMILES string of the molecule is CC(NC(=O)c1c[nH]c(=S)n1-c1ccc(F)cc1)c1ccncc1. The Labute approximate surface area is 143 Å². The van der Waals surface area contributed by atoms with Crippen molar-refractivity contribution >= 4 is 18.1 Å². The number of halogens is 1. The van der Waals surface area contributed by atoms with E-state index in [1.807, 2.05) is 19.1 Å². The quantitative estimate of drug-likeness (QED) is 0.713. The maximum absolute atomic E-state index is 13.1. The van der Waals surface area contributed by atoms with Crippen LogP contribution in [0.3, 0.4) is 0 Å². The van der Waals surface area contributed by atoms with Gasteiger partial charge in [0.15, 0.2) is 4.77 Å². The van der Waals surface area contributed by atoms with Gasteiger partial charge in [-0.15, -0.1) is 0 Å². The molecule has 1 atom stereocenters. The third-order valence-corrected chi connectivity index (χ3v) is 3.95. The summed E-state index contributed by atoms with van der Waals surface area (Å²) in [6, 6.07) is 9.29. The first-order chi connectivity index (χ1) is 11.6. The Bertz CT molecular complexity index is 902. The first-order valence-electron chi connectivity index (χ1n) is 7.33. The second-order valence-corrected chi connectivity index (χ2v) is 5.65. The lowest BCUT2D eigenvalue weighted by atomic mass is 10.1. The topological polar surface area (TPSA) is 62.7 Å². The van der Waals surface area contributed by atoms with Crippen molar-refractivity contribution in [3.05, 3.63) is 76.8 Å². The molecule has 0 aliphatic heterocycles. The van der Waals surface area contributed by atoms with Gasteiger partial charge in [-0.3, -0.25) is 14.3 Å². The standard InChI is InChI=1S/C17H15FN4OS/c1-11(12-6-8-19-9-7-12)21-16(23)15-10-20-17(24)22(15)14-4-2-13(18)3-5-14/h2-11H,1H3,(H,20,24)(H,21,23). The molecule has 24 heavy (non-hydrogen) atoms. The molecule has 0 aliphatic carbocycles. The summed E-state index contributed by atoms with van der Waals surface area (Å²) >= 11 is 5.24. The minimum atomic E-state index is -0.349. The van der Waals surface area contributed by atoms with Gasteiger partial charge >= 0.3 is 0 Å².